The van der Waals surface area contributed by atoms with Gasteiger partial charge in [0.15, 0.2) is 0 Å². The standard InChI is InChI=1S/C17H21Cl2N3O2/c1-10-3-14(21-20-10)5-11-7-22(9-16(11)23)8-12-4-13(18)6-15(19)17(12)24-2/h3-4,6,11,16,23H,5,7-9H2,1-2H3,(H,20,21)/t11-,16+/m1/s1. The Balaban J connectivity index is 1.69. The lowest BCUT2D eigenvalue weighted by Gasteiger charge is -2.18. The summed E-state index contributed by atoms with van der Waals surface area (Å²) in [5, 5.41) is 18.7. The Morgan fingerprint density at radius 3 is 2.79 bits per heavy atom. The molecule has 0 spiro atoms. The highest BCUT2D eigenvalue weighted by atomic mass is 35.5. The van der Waals surface area contributed by atoms with Crippen LogP contribution in [0.15, 0.2) is 18.2 Å². The van der Waals surface area contributed by atoms with E-state index in [0.717, 1.165) is 29.9 Å². The van der Waals surface area contributed by atoms with Gasteiger partial charge in [0.25, 0.3) is 0 Å². The van der Waals surface area contributed by atoms with E-state index >= 15 is 0 Å². The van der Waals surface area contributed by atoms with E-state index in [2.05, 4.69) is 15.1 Å². The number of halogens is 2. The fourth-order valence-corrected chi connectivity index (χ4v) is 3.93. The molecule has 1 fully saturated rings. The number of likely N-dealkylation sites (tertiary alicyclic amines) is 1. The van der Waals surface area contributed by atoms with E-state index in [1.807, 2.05) is 19.1 Å². The van der Waals surface area contributed by atoms with Gasteiger partial charge < -0.3 is 9.84 Å². The summed E-state index contributed by atoms with van der Waals surface area (Å²) in [6, 6.07) is 5.56. The van der Waals surface area contributed by atoms with Crippen LogP contribution in [-0.2, 0) is 13.0 Å². The first kappa shape index (κ1) is 17.5. The molecular weight excluding hydrogens is 349 g/mol. The molecule has 130 valence electrons. The van der Waals surface area contributed by atoms with Crippen LogP contribution in [-0.4, -0.2) is 46.5 Å². The number of aliphatic hydroxyl groups is 1. The van der Waals surface area contributed by atoms with Gasteiger partial charge in [0.05, 0.1) is 23.9 Å². The highest BCUT2D eigenvalue weighted by Gasteiger charge is 2.32. The number of rotatable bonds is 5. The second-order valence-electron chi connectivity index (χ2n) is 6.35. The quantitative estimate of drug-likeness (QED) is 0.849. The van der Waals surface area contributed by atoms with Crippen molar-refractivity contribution in [3.8, 4) is 5.75 Å². The maximum Gasteiger partial charge on any atom is 0.142 e. The van der Waals surface area contributed by atoms with E-state index in [4.69, 9.17) is 27.9 Å². The molecule has 7 heteroatoms. The van der Waals surface area contributed by atoms with Crippen LogP contribution in [0, 0.1) is 12.8 Å². The summed E-state index contributed by atoms with van der Waals surface area (Å²) in [6.07, 6.45) is 0.387. The van der Waals surface area contributed by atoms with Crippen LogP contribution in [0.3, 0.4) is 0 Å². The van der Waals surface area contributed by atoms with Gasteiger partial charge >= 0.3 is 0 Å². The molecule has 5 nitrogen and oxygen atoms in total. The third-order valence-electron chi connectivity index (χ3n) is 4.40. The zero-order chi connectivity index (χ0) is 17.3. The number of aliphatic hydroxyl groups excluding tert-OH is 1. The number of nitrogens with zero attached hydrogens (tertiary/aromatic N) is 2. The van der Waals surface area contributed by atoms with Crippen LogP contribution < -0.4 is 4.74 Å². The topological polar surface area (TPSA) is 61.4 Å². The third-order valence-corrected chi connectivity index (χ3v) is 4.89. The SMILES string of the molecule is COc1c(Cl)cc(Cl)cc1CN1C[C@@H](Cc2cc(C)[nH]n2)[C@@H](O)C1. The van der Waals surface area contributed by atoms with E-state index in [0.29, 0.717) is 28.9 Å². The fraction of sp³-hybridized carbons (Fsp3) is 0.471. The second kappa shape index (κ2) is 7.31. The molecule has 0 amide bonds. The lowest BCUT2D eigenvalue weighted by atomic mass is 10.0. The number of hydrogen-bond donors (Lipinski definition) is 2. The molecule has 24 heavy (non-hydrogen) atoms. The fourth-order valence-electron chi connectivity index (χ4n) is 3.32. The van der Waals surface area contributed by atoms with Crippen molar-refractivity contribution in [1.82, 2.24) is 15.1 Å². The second-order valence-corrected chi connectivity index (χ2v) is 7.19. The number of methoxy groups -OCH3 is 1. The largest absolute Gasteiger partial charge is 0.495 e. The molecule has 1 aliphatic rings. The molecule has 2 atom stereocenters. The van der Waals surface area contributed by atoms with Crippen molar-refractivity contribution in [2.24, 2.45) is 5.92 Å². The molecule has 0 unspecified atom stereocenters. The third kappa shape index (κ3) is 3.86. The van der Waals surface area contributed by atoms with Crippen molar-refractivity contribution < 1.29 is 9.84 Å². The number of benzene rings is 1. The van der Waals surface area contributed by atoms with Gasteiger partial charge in [-0.2, -0.15) is 5.10 Å². The zero-order valence-electron chi connectivity index (χ0n) is 13.7. The Morgan fingerprint density at radius 2 is 2.12 bits per heavy atom. The van der Waals surface area contributed by atoms with Crippen molar-refractivity contribution >= 4 is 23.2 Å². The van der Waals surface area contributed by atoms with Gasteiger partial charge in [-0.25, -0.2) is 0 Å². The van der Waals surface area contributed by atoms with Gasteiger partial charge in [-0.15, -0.1) is 0 Å². The van der Waals surface area contributed by atoms with Crippen molar-refractivity contribution in [2.45, 2.75) is 26.0 Å². The smallest absolute Gasteiger partial charge is 0.142 e. The molecule has 2 N–H and O–H groups in total. The minimum atomic E-state index is -0.373. The minimum Gasteiger partial charge on any atom is -0.495 e. The number of ether oxygens (including phenoxy) is 1. The molecular formula is C17H21Cl2N3O2. The summed E-state index contributed by atoms with van der Waals surface area (Å²) < 4.78 is 5.40. The lowest BCUT2D eigenvalue weighted by molar-refractivity contribution is 0.140. The van der Waals surface area contributed by atoms with Gasteiger partial charge in [0, 0.05) is 41.8 Å². The Labute approximate surface area is 151 Å². The lowest BCUT2D eigenvalue weighted by Crippen LogP contribution is -2.21. The van der Waals surface area contributed by atoms with E-state index in [1.165, 1.54) is 0 Å². The first-order valence-corrected chi connectivity index (χ1v) is 8.65. The number of nitrogens with one attached hydrogen (secondary N) is 1. The van der Waals surface area contributed by atoms with E-state index < -0.39 is 0 Å². The van der Waals surface area contributed by atoms with E-state index in [1.54, 1.807) is 13.2 Å². The predicted molar refractivity (Wildman–Crippen MR) is 94.8 cm³/mol. The molecule has 1 aliphatic heterocycles. The number of H-pyrrole nitrogens is 1. The average Bonchev–Trinajstić information content (AvgIpc) is 3.05. The van der Waals surface area contributed by atoms with Gasteiger partial charge in [0.1, 0.15) is 5.75 Å². The number of aromatic amines is 1. The van der Waals surface area contributed by atoms with Crippen molar-refractivity contribution in [2.75, 3.05) is 20.2 Å². The maximum absolute atomic E-state index is 10.4. The van der Waals surface area contributed by atoms with Gasteiger partial charge in [0.2, 0.25) is 0 Å². The normalized spacial score (nSPS) is 21.4. The Kier molecular flexibility index (Phi) is 5.35. The summed E-state index contributed by atoms with van der Waals surface area (Å²) in [5.74, 6) is 0.801. The van der Waals surface area contributed by atoms with Crippen LogP contribution in [0.1, 0.15) is 17.0 Å². The van der Waals surface area contributed by atoms with Gasteiger partial charge in [-0.1, -0.05) is 23.2 Å². The Hall–Kier alpha value is -1.27. The van der Waals surface area contributed by atoms with Gasteiger partial charge in [-0.05, 0) is 31.5 Å². The van der Waals surface area contributed by atoms with Crippen molar-refractivity contribution in [3.05, 3.63) is 45.2 Å². The van der Waals surface area contributed by atoms with Crippen LogP contribution >= 0.6 is 23.2 Å². The summed E-state index contributed by atoms with van der Waals surface area (Å²) >= 11 is 12.3. The first-order valence-electron chi connectivity index (χ1n) is 7.89. The number of aryl methyl sites for hydroxylation is 1. The molecule has 1 saturated heterocycles. The number of aromatic nitrogens is 2. The summed E-state index contributed by atoms with van der Waals surface area (Å²) in [4.78, 5) is 2.19. The minimum absolute atomic E-state index is 0.161. The molecule has 3 rings (SSSR count). The van der Waals surface area contributed by atoms with Crippen LogP contribution in [0.5, 0.6) is 5.75 Å². The summed E-state index contributed by atoms with van der Waals surface area (Å²) in [6.45, 7) is 4.02. The first-order chi connectivity index (χ1) is 11.5. The number of hydrogen-bond acceptors (Lipinski definition) is 4. The molecule has 1 aromatic heterocycles. The van der Waals surface area contributed by atoms with Crippen LogP contribution in [0.2, 0.25) is 10.0 Å². The molecule has 0 saturated carbocycles. The molecule has 0 aliphatic carbocycles. The maximum atomic E-state index is 10.4. The van der Waals surface area contributed by atoms with Crippen molar-refractivity contribution in [3.63, 3.8) is 0 Å². The predicted octanol–water partition coefficient (Wildman–Crippen LogP) is 3.07. The Bertz CT molecular complexity index is 720. The molecule has 1 aromatic carbocycles. The van der Waals surface area contributed by atoms with Crippen molar-refractivity contribution in [1.29, 1.82) is 0 Å². The molecule has 0 radical (unpaired) electrons. The van der Waals surface area contributed by atoms with Gasteiger partial charge in [-0.3, -0.25) is 10.00 Å². The summed E-state index contributed by atoms with van der Waals surface area (Å²) in [7, 11) is 1.60. The van der Waals surface area contributed by atoms with E-state index in [9.17, 15) is 5.11 Å². The van der Waals surface area contributed by atoms with E-state index in [-0.39, 0.29) is 12.0 Å². The molecule has 2 aromatic rings. The summed E-state index contributed by atoms with van der Waals surface area (Å²) in [5.41, 5.74) is 2.95. The highest BCUT2D eigenvalue weighted by molar-refractivity contribution is 6.35. The zero-order valence-corrected chi connectivity index (χ0v) is 15.2. The molecule has 2 heterocycles. The molecule has 0 bridgehead atoms. The number of β-amino-alcohol motifs (C(OH)–C–C–N with tert-alkyl or cyclic N) is 1. The van der Waals surface area contributed by atoms with Crippen LogP contribution in [0.25, 0.3) is 0 Å². The average molecular weight is 370 g/mol. The Morgan fingerprint density at radius 1 is 1.33 bits per heavy atom. The highest BCUT2D eigenvalue weighted by Crippen LogP contribution is 2.34. The monoisotopic (exact) mass is 369 g/mol. The van der Waals surface area contributed by atoms with Crippen LogP contribution in [0.4, 0.5) is 0 Å².